The molecule has 1 aliphatic heterocycles. The second kappa shape index (κ2) is 5.32. The van der Waals surface area contributed by atoms with Crippen LogP contribution in [0.4, 0.5) is 0 Å². The molecule has 0 aromatic carbocycles. The number of rotatable bonds is 0. The summed E-state index contributed by atoms with van der Waals surface area (Å²) in [4.78, 5) is 0. The Morgan fingerprint density at radius 1 is 0.714 bits per heavy atom. The predicted molar refractivity (Wildman–Crippen MR) is 30.2 cm³/mol. The minimum atomic E-state index is 0. The Kier molecular flexibility index (Phi) is 6.22. The first-order chi connectivity index (χ1) is 3.00. The second-order valence-corrected chi connectivity index (χ2v) is 1.22. The van der Waals surface area contributed by atoms with E-state index in [9.17, 15) is 0 Å². The van der Waals surface area contributed by atoms with Gasteiger partial charge in [0.25, 0.3) is 0 Å². The van der Waals surface area contributed by atoms with Crippen molar-refractivity contribution in [3.8, 4) is 0 Å². The van der Waals surface area contributed by atoms with Crippen LogP contribution in [0.3, 0.4) is 0 Å². The normalized spacial score (nSPS) is 20.6. The van der Waals surface area contributed by atoms with Gasteiger partial charge in [-0.25, -0.2) is 0 Å². The van der Waals surface area contributed by atoms with Gasteiger partial charge in [0, 0.05) is 0 Å². The Balaban J connectivity index is 0.000000360. The van der Waals surface area contributed by atoms with Gasteiger partial charge in [0.2, 0.25) is 0 Å². The average Bonchev–Trinajstić information content (AvgIpc) is 1.72. The first-order valence-corrected chi connectivity index (χ1v) is 2.15. The summed E-state index contributed by atoms with van der Waals surface area (Å²) in [5.74, 6) is 0. The maximum atomic E-state index is 4.94. The zero-order valence-corrected chi connectivity index (χ0v) is 3.64. The Labute approximate surface area is 73.2 Å². The summed E-state index contributed by atoms with van der Waals surface area (Å²) >= 11 is 0. The van der Waals surface area contributed by atoms with Crippen LogP contribution in [0.1, 0.15) is 0 Å². The van der Waals surface area contributed by atoms with E-state index < -0.39 is 0 Å². The topological polar surface area (TPSA) is 18.5 Å². The van der Waals surface area contributed by atoms with Crippen LogP contribution in [0.2, 0.25) is 0 Å². The SMILES string of the molecule is C1COCCO1.[CaH2]. The van der Waals surface area contributed by atoms with Crippen LogP contribution in [-0.2, 0) is 9.47 Å². The molecule has 0 N–H and O–H groups in total. The van der Waals surface area contributed by atoms with Crippen LogP contribution in [0.15, 0.2) is 0 Å². The molecule has 0 unspecified atom stereocenters. The molecule has 1 heterocycles. The molecule has 0 atom stereocenters. The van der Waals surface area contributed by atoms with Gasteiger partial charge in [-0.05, 0) is 0 Å². The van der Waals surface area contributed by atoms with E-state index in [1.54, 1.807) is 0 Å². The van der Waals surface area contributed by atoms with Crippen LogP contribution >= 0.6 is 0 Å². The van der Waals surface area contributed by atoms with Crippen molar-refractivity contribution in [2.45, 2.75) is 0 Å². The second-order valence-electron chi connectivity index (χ2n) is 1.22. The molecule has 7 heavy (non-hydrogen) atoms. The average molecular weight is 130 g/mol. The summed E-state index contributed by atoms with van der Waals surface area (Å²) in [5.41, 5.74) is 0. The Bertz CT molecular complexity index is 25.2. The van der Waals surface area contributed by atoms with Gasteiger partial charge in [-0.15, -0.1) is 0 Å². The van der Waals surface area contributed by atoms with E-state index in [2.05, 4.69) is 0 Å². The quantitative estimate of drug-likeness (QED) is 0.396. The molecule has 0 aromatic rings. The molecule has 2 nitrogen and oxygen atoms in total. The van der Waals surface area contributed by atoms with E-state index in [-0.39, 0.29) is 37.7 Å². The van der Waals surface area contributed by atoms with Crippen molar-refractivity contribution in [2.24, 2.45) is 0 Å². The van der Waals surface area contributed by atoms with Gasteiger partial charge in [0.15, 0.2) is 0 Å². The molecule has 40 valence electrons. The van der Waals surface area contributed by atoms with E-state index in [1.165, 1.54) is 0 Å². The fourth-order valence-electron chi connectivity index (χ4n) is 0.440. The third-order valence-electron chi connectivity index (χ3n) is 0.744. The molecule has 0 aromatic heterocycles. The zero-order chi connectivity index (χ0) is 4.24. The standard InChI is InChI=1S/C4H8O2.Ca.2H/c1-2-6-4-3-5-1;;;/h1-4H2;;;. The molecule has 0 spiro atoms. The van der Waals surface area contributed by atoms with Crippen LogP contribution in [0, 0.1) is 0 Å². The third-order valence-corrected chi connectivity index (χ3v) is 0.744. The molecule has 0 aliphatic carbocycles. The van der Waals surface area contributed by atoms with Gasteiger partial charge in [0.05, 0.1) is 26.4 Å². The van der Waals surface area contributed by atoms with Gasteiger partial charge in [-0.1, -0.05) is 0 Å². The third kappa shape index (κ3) is 3.74. The Morgan fingerprint density at radius 3 is 1.14 bits per heavy atom. The fourth-order valence-corrected chi connectivity index (χ4v) is 0.440. The van der Waals surface area contributed by atoms with Gasteiger partial charge < -0.3 is 9.47 Å². The molecule has 1 rings (SSSR count). The van der Waals surface area contributed by atoms with Crippen LogP contribution in [-0.4, -0.2) is 64.2 Å². The molecule has 1 fully saturated rings. The first kappa shape index (κ1) is 8.18. The predicted octanol–water partition coefficient (Wildman–Crippen LogP) is -0.883. The monoisotopic (exact) mass is 130 g/mol. The van der Waals surface area contributed by atoms with Gasteiger partial charge in [0.1, 0.15) is 0 Å². The van der Waals surface area contributed by atoms with Crippen molar-refractivity contribution < 1.29 is 9.47 Å². The Hall–Kier alpha value is 1.18. The van der Waals surface area contributed by atoms with Crippen molar-refractivity contribution in [1.82, 2.24) is 0 Å². The van der Waals surface area contributed by atoms with Crippen LogP contribution < -0.4 is 0 Å². The van der Waals surface area contributed by atoms with Crippen molar-refractivity contribution in [2.75, 3.05) is 26.4 Å². The molecule has 0 radical (unpaired) electrons. The first-order valence-electron chi connectivity index (χ1n) is 2.15. The van der Waals surface area contributed by atoms with E-state index in [0.29, 0.717) is 0 Å². The molecule has 0 bridgehead atoms. The van der Waals surface area contributed by atoms with Crippen molar-refractivity contribution >= 4 is 37.7 Å². The van der Waals surface area contributed by atoms with Gasteiger partial charge in [-0.2, -0.15) is 0 Å². The fraction of sp³-hybridized carbons (Fsp3) is 1.00. The molecular weight excluding hydrogens is 120 g/mol. The van der Waals surface area contributed by atoms with Crippen molar-refractivity contribution in [3.63, 3.8) is 0 Å². The minimum absolute atomic E-state index is 0. The molecule has 1 saturated heterocycles. The van der Waals surface area contributed by atoms with Gasteiger partial charge in [-0.3, -0.25) is 0 Å². The van der Waals surface area contributed by atoms with E-state index in [0.717, 1.165) is 26.4 Å². The van der Waals surface area contributed by atoms with Crippen molar-refractivity contribution in [1.29, 1.82) is 0 Å². The van der Waals surface area contributed by atoms with Crippen molar-refractivity contribution in [3.05, 3.63) is 0 Å². The summed E-state index contributed by atoms with van der Waals surface area (Å²) in [6.45, 7) is 3.11. The van der Waals surface area contributed by atoms with Crippen LogP contribution in [0.25, 0.3) is 0 Å². The Morgan fingerprint density at radius 2 is 1.00 bits per heavy atom. The van der Waals surface area contributed by atoms with E-state index >= 15 is 0 Å². The summed E-state index contributed by atoms with van der Waals surface area (Å²) < 4.78 is 9.89. The van der Waals surface area contributed by atoms with E-state index in [4.69, 9.17) is 9.47 Å². The number of hydrogen-bond acceptors (Lipinski definition) is 2. The summed E-state index contributed by atoms with van der Waals surface area (Å²) in [6, 6.07) is 0. The zero-order valence-electron chi connectivity index (χ0n) is 3.64. The molecule has 0 amide bonds. The van der Waals surface area contributed by atoms with E-state index in [1.807, 2.05) is 0 Å². The molecule has 3 heteroatoms. The summed E-state index contributed by atoms with van der Waals surface area (Å²) in [6.07, 6.45) is 0. The number of ether oxygens (including phenoxy) is 2. The summed E-state index contributed by atoms with van der Waals surface area (Å²) in [5, 5.41) is 0. The molecule has 0 saturated carbocycles. The maximum absolute atomic E-state index is 4.94. The van der Waals surface area contributed by atoms with Gasteiger partial charge >= 0.3 is 37.7 Å². The molecule has 1 aliphatic rings. The molecular formula is C4H10CaO2. The number of hydrogen-bond donors (Lipinski definition) is 0. The summed E-state index contributed by atoms with van der Waals surface area (Å²) in [7, 11) is 0. The van der Waals surface area contributed by atoms with Crippen LogP contribution in [0.5, 0.6) is 0 Å².